The van der Waals surface area contributed by atoms with Gasteiger partial charge in [0.15, 0.2) is 6.04 Å². The van der Waals surface area contributed by atoms with Crippen LogP contribution in [-0.4, -0.2) is 67.0 Å². The number of hydrogen-bond donors (Lipinski definition) is 2. The van der Waals surface area contributed by atoms with Gasteiger partial charge in [0.1, 0.15) is 31.5 Å². The van der Waals surface area contributed by atoms with Crippen LogP contribution in [0.25, 0.3) is 11.1 Å². The first-order valence-electron chi connectivity index (χ1n) is 15.0. The number of hydrogen-bond acceptors (Lipinski definition) is 9. The third kappa shape index (κ3) is 9.74. The molecule has 0 saturated heterocycles. The van der Waals surface area contributed by atoms with Crippen LogP contribution in [0.5, 0.6) is 0 Å². The summed E-state index contributed by atoms with van der Waals surface area (Å²) in [7, 11) is 0. The molecule has 1 aliphatic rings. The largest absolute Gasteiger partial charge is 0.461 e. The molecule has 46 heavy (non-hydrogen) atoms. The first kappa shape index (κ1) is 34.4. The zero-order valence-electron chi connectivity index (χ0n) is 26.4. The first-order valence-corrected chi connectivity index (χ1v) is 16.4. The second-order valence-electron chi connectivity index (χ2n) is 11.7. The molecule has 0 spiro atoms. The average molecular weight is 649 g/mol. The van der Waals surface area contributed by atoms with Gasteiger partial charge in [0.2, 0.25) is 0 Å². The van der Waals surface area contributed by atoms with E-state index in [1.165, 1.54) is 11.8 Å². The topological polar surface area (TPSA) is 129 Å². The van der Waals surface area contributed by atoms with E-state index in [-0.39, 0.29) is 25.6 Å². The van der Waals surface area contributed by atoms with Gasteiger partial charge in [0.05, 0.1) is 0 Å². The number of fused-ring (bicyclic) bond motifs is 3. The molecule has 1 aliphatic carbocycles. The van der Waals surface area contributed by atoms with E-state index in [1.807, 2.05) is 60.9 Å². The predicted octanol–water partition coefficient (Wildman–Crippen LogP) is 5.83. The van der Waals surface area contributed by atoms with Crippen LogP contribution in [0, 0.1) is 0 Å². The van der Waals surface area contributed by atoms with Crippen LogP contribution in [0.4, 0.5) is 9.59 Å². The zero-order chi connectivity index (χ0) is 33.1. The standard InChI is InChI=1S/C35H40N2O8S/c1-35(2,3)45-34(41)37-30(32(39)42-20-23-12-6-5-7-13-23)22-43-31(38)29(18-19-46-4)36-33(40)44-21-28-26-16-10-8-14-24(26)25-15-9-11-17-27(25)28/h5-17,28-30H,18-22H2,1-4H3,(H,36,40)(H,37,41)/t29-,30-/m0/s1. The summed E-state index contributed by atoms with van der Waals surface area (Å²) in [6.07, 6.45) is 0.489. The molecular formula is C35H40N2O8S. The van der Waals surface area contributed by atoms with Crippen molar-refractivity contribution in [2.75, 3.05) is 25.2 Å². The highest BCUT2D eigenvalue weighted by molar-refractivity contribution is 7.98. The summed E-state index contributed by atoms with van der Waals surface area (Å²) in [6.45, 7) is 4.55. The molecule has 3 aromatic carbocycles. The van der Waals surface area contributed by atoms with Gasteiger partial charge in [-0.3, -0.25) is 0 Å². The maximum absolute atomic E-state index is 13.2. The second-order valence-corrected chi connectivity index (χ2v) is 12.7. The fourth-order valence-corrected chi connectivity index (χ4v) is 5.45. The molecule has 11 heteroatoms. The van der Waals surface area contributed by atoms with E-state index in [1.54, 1.807) is 45.0 Å². The number of esters is 2. The molecule has 0 unspecified atom stereocenters. The van der Waals surface area contributed by atoms with E-state index in [0.29, 0.717) is 5.75 Å². The van der Waals surface area contributed by atoms with E-state index in [0.717, 1.165) is 27.8 Å². The third-order valence-electron chi connectivity index (χ3n) is 7.12. The quantitative estimate of drug-likeness (QED) is 0.174. The smallest absolute Gasteiger partial charge is 0.408 e. The molecule has 0 heterocycles. The van der Waals surface area contributed by atoms with Crippen molar-refractivity contribution in [3.63, 3.8) is 0 Å². The lowest BCUT2D eigenvalue weighted by Gasteiger charge is -2.24. The maximum Gasteiger partial charge on any atom is 0.408 e. The summed E-state index contributed by atoms with van der Waals surface area (Å²) in [4.78, 5) is 51.6. The molecule has 0 aliphatic heterocycles. The maximum atomic E-state index is 13.2. The summed E-state index contributed by atoms with van der Waals surface area (Å²) in [5.74, 6) is -1.19. The van der Waals surface area contributed by atoms with Crippen molar-refractivity contribution in [3.05, 3.63) is 95.6 Å². The molecular weight excluding hydrogens is 608 g/mol. The minimum atomic E-state index is -1.35. The van der Waals surface area contributed by atoms with E-state index in [2.05, 4.69) is 10.6 Å². The summed E-state index contributed by atoms with van der Waals surface area (Å²) in [6, 6.07) is 22.6. The Kier molecular flexibility index (Phi) is 12.1. The van der Waals surface area contributed by atoms with Crippen LogP contribution in [0.3, 0.4) is 0 Å². The van der Waals surface area contributed by atoms with Crippen LogP contribution in [0.15, 0.2) is 78.9 Å². The van der Waals surface area contributed by atoms with Crippen molar-refractivity contribution < 1.29 is 38.1 Å². The van der Waals surface area contributed by atoms with Crippen molar-refractivity contribution >= 4 is 35.9 Å². The van der Waals surface area contributed by atoms with Crippen LogP contribution >= 0.6 is 11.8 Å². The predicted molar refractivity (Wildman–Crippen MR) is 175 cm³/mol. The zero-order valence-corrected chi connectivity index (χ0v) is 27.3. The summed E-state index contributed by atoms with van der Waals surface area (Å²) in [5.41, 5.74) is 4.26. The first-order chi connectivity index (χ1) is 22.1. The highest BCUT2D eigenvalue weighted by Crippen LogP contribution is 2.44. The molecule has 2 N–H and O–H groups in total. The van der Waals surface area contributed by atoms with Crippen molar-refractivity contribution in [1.29, 1.82) is 0 Å². The number of alkyl carbamates (subject to hydrolysis) is 2. The van der Waals surface area contributed by atoms with Gasteiger partial charge in [-0.05, 0) is 67.0 Å². The van der Waals surface area contributed by atoms with Gasteiger partial charge in [0.25, 0.3) is 0 Å². The Morgan fingerprint density at radius 1 is 0.739 bits per heavy atom. The summed E-state index contributed by atoms with van der Waals surface area (Å²) < 4.78 is 21.7. The number of rotatable bonds is 13. The molecule has 10 nitrogen and oxygen atoms in total. The lowest BCUT2D eigenvalue weighted by molar-refractivity contribution is -0.154. The van der Waals surface area contributed by atoms with E-state index in [9.17, 15) is 19.2 Å². The van der Waals surface area contributed by atoms with Gasteiger partial charge in [-0.2, -0.15) is 11.8 Å². The van der Waals surface area contributed by atoms with Gasteiger partial charge in [0, 0.05) is 5.92 Å². The fourth-order valence-electron chi connectivity index (χ4n) is 4.98. The van der Waals surface area contributed by atoms with Crippen LogP contribution in [0.1, 0.15) is 49.8 Å². The molecule has 0 aromatic heterocycles. The molecule has 0 saturated carbocycles. The normalized spacial score (nSPS) is 13.4. The van der Waals surface area contributed by atoms with Crippen molar-refractivity contribution in [3.8, 4) is 11.1 Å². The Labute approximate surface area is 273 Å². The van der Waals surface area contributed by atoms with Crippen molar-refractivity contribution in [1.82, 2.24) is 10.6 Å². The number of nitrogens with one attached hydrogen (secondary N) is 2. The Bertz CT molecular complexity index is 1460. The minimum Gasteiger partial charge on any atom is -0.461 e. The number of carbonyl (C=O) groups excluding carboxylic acids is 4. The highest BCUT2D eigenvalue weighted by Gasteiger charge is 2.32. The summed E-state index contributed by atoms with van der Waals surface area (Å²) in [5, 5.41) is 5.04. The molecule has 0 radical (unpaired) electrons. The number of carbonyl (C=O) groups is 4. The molecule has 0 fully saturated rings. The lowest BCUT2D eigenvalue weighted by Crippen LogP contribution is -2.49. The Hall–Kier alpha value is -4.51. The van der Waals surface area contributed by atoms with Gasteiger partial charge < -0.3 is 29.6 Å². The SMILES string of the molecule is CSCC[C@H](NC(=O)OCC1c2ccccc2-c2ccccc21)C(=O)OC[C@H](NC(=O)OC(C)(C)C)C(=O)OCc1ccccc1. The molecule has 244 valence electrons. The van der Waals surface area contributed by atoms with Crippen molar-refractivity contribution in [2.45, 2.75) is 57.4 Å². The molecule has 2 atom stereocenters. The fraction of sp³-hybridized carbons (Fsp3) is 0.371. The third-order valence-corrected chi connectivity index (χ3v) is 7.77. The van der Waals surface area contributed by atoms with E-state index < -0.39 is 48.4 Å². The van der Waals surface area contributed by atoms with E-state index in [4.69, 9.17) is 18.9 Å². The summed E-state index contributed by atoms with van der Waals surface area (Å²) >= 11 is 1.49. The van der Waals surface area contributed by atoms with Gasteiger partial charge in [-0.15, -0.1) is 0 Å². The van der Waals surface area contributed by atoms with Gasteiger partial charge in [-0.25, -0.2) is 19.2 Å². The lowest BCUT2D eigenvalue weighted by atomic mass is 9.98. The number of ether oxygens (including phenoxy) is 4. The minimum absolute atomic E-state index is 0.0419. The number of amides is 2. The van der Waals surface area contributed by atoms with Crippen LogP contribution < -0.4 is 10.6 Å². The van der Waals surface area contributed by atoms with Crippen LogP contribution in [-0.2, 0) is 35.1 Å². The Morgan fingerprint density at radius 2 is 1.30 bits per heavy atom. The molecule has 3 aromatic rings. The Balaban J connectivity index is 1.37. The average Bonchev–Trinajstić information content (AvgIpc) is 3.35. The van der Waals surface area contributed by atoms with E-state index >= 15 is 0 Å². The van der Waals surface area contributed by atoms with Crippen molar-refractivity contribution in [2.24, 2.45) is 0 Å². The number of thioether (sulfide) groups is 1. The monoisotopic (exact) mass is 648 g/mol. The van der Waals surface area contributed by atoms with Crippen LogP contribution in [0.2, 0.25) is 0 Å². The molecule has 2 amide bonds. The molecule has 4 rings (SSSR count). The number of benzene rings is 3. The van der Waals surface area contributed by atoms with Gasteiger partial charge >= 0.3 is 24.1 Å². The van der Waals surface area contributed by atoms with Gasteiger partial charge in [-0.1, -0.05) is 78.9 Å². The Morgan fingerprint density at radius 3 is 1.91 bits per heavy atom. The highest BCUT2D eigenvalue weighted by atomic mass is 32.2. The molecule has 0 bridgehead atoms. The second kappa shape index (κ2) is 16.2.